The summed E-state index contributed by atoms with van der Waals surface area (Å²) in [7, 11) is 0. The van der Waals surface area contributed by atoms with Crippen molar-refractivity contribution < 1.29 is 0 Å². The molecule has 0 fully saturated rings. The number of rotatable bonds is 2. The molecule has 1 aliphatic heterocycles. The van der Waals surface area contributed by atoms with Gasteiger partial charge in [-0.05, 0) is 37.5 Å². The summed E-state index contributed by atoms with van der Waals surface area (Å²) in [5.74, 6) is 0. The molecular weight excluding hydrogens is 280 g/mol. The van der Waals surface area contributed by atoms with Crippen LogP contribution in [0.5, 0.6) is 0 Å². The van der Waals surface area contributed by atoms with Crippen molar-refractivity contribution in [3.8, 4) is 0 Å². The van der Waals surface area contributed by atoms with E-state index >= 15 is 0 Å². The van der Waals surface area contributed by atoms with E-state index in [-0.39, 0.29) is 0 Å². The van der Waals surface area contributed by atoms with Crippen LogP contribution in [0.2, 0.25) is 0 Å². The number of fused-ring (bicyclic) bond motifs is 3. The fourth-order valence-electron chi connectivity index (χ4n) is 3.82. The predicted molar refractivity (Wildman–Crippen MR) is 96.6 cm³/mol. The summed E-state index contributed by atoms with van der Waals surface area (Å²) in [6.07, 6.45) is 1.22. The Morgan fingerprint density at radius 3 is 2.52 bits per heavy atom. The fraction of sp³-hybridized carbons (Fsp3) is 0.333. The van der Waals surface area contributed by atoms with Gasteiger partial charge in [0.2, 0.25) is 0 Å². The molecule has 0 amide bonds. The van der Waals surface area contributed by atoms with Crippen molar-refractivity contribution in [2.45, 2.75) is 39.9 Å². The molecule has 0 atom stereocenters. The van der Waals surface area contributed by atoms with E-state index in [1.807, 2.05) is 0 Å². The minimum Gasteiger partial charge on any atom is -0.343 e. The number of aryl methyl sites for hydroxylation is 3. The highest BCUT2D eigenvalue weighted by atomic mass is 15.2. The molecule has 0 saturated heterocycles. The molecule has 118 valence electrons. The van der Waals surface area contributed by atoms with Crippen molar-refractivity contribution in [2.75, 3.05) is 6.54 Å². The standard InChI is InChI=1S/C21H24N2/c1-16-8-10-18(11-9-16)14-22-12-5-13-23-20-7-4-3-6-19(20)17(2)21(23)15-22/h3-4,6-11H,5,12-15H2,1-2H3. The smallest absolute Gasteiger partial charge is 0.0485 e. The van der Waals surface area contributed by atoms with Crippen LogP contribution in [0.4, 0.5) is 0 Å². The van der Waals surface area contributed by atoms with Gasteiger partial charge in [-0.3, -0.25) is 4.90 Å². The average molecular weight is 304 g/mol. The number of para-hydroxylation sites is 1. The van der Waals surface area contributed by atoms with Gasteiger partial charge in [0.1, 0.15) is 0 Å². The molecule has 3 aromatic rings. The zero-order chi connectivity index (χ0) is 15.8. The quantitative estimate of drug-likeness (QED) is 0.668. The average Bonchev–Trinajstić information content (AvgIpc) is 2.73. The third-order valence-corrected chi connectivity index (χ3v) is 5.11. The first kappa shape index (κ1) is 14.5. The van der Waals surface area contributed by atoms with E-state index in [2.05, 4.69) is 71.8 Å². The van der Waals surface area contributed by atoms with Crippen LogP contribution in [0.3, 0.4) is 0 Å². The van der Waals surface area contributed by atoms with Crippen LogP contribution in [-0.2, 0) is 19.6 Å². The molecule has 0 bridgehead atoms. The molecule has 1 aliphatic rings. The van der Waals surface area contributed by atoms with Crippen LogP contribution in [-0.4, -0.2) is 16.0 Å². The Labute approximate surface area is 138 Å². The van der Waals surface area contributed by atoms with Crippen LogP contribution in [0.25, 0.3) is 10.9 Å². The Kier molecular flexibility index (Phi) is 3.70. The van der Waals surface area contributed by atoms with Crippen molar-refractivity contribution in [1.29, 1.82) is 0 Å². The Morgan fingerprint density at radius 2 is 1.70 bits per heavy atom. The van der Waals surface area contributed by atoms with Gasteiger partial charge in [0, 0.05) is 42.8 Å². The Balaban J connectivity index is 1.65. The molecule has 0 N–H and O–H groups in total. The zero-order valence-electron chi connectivity index (χ0n) is 14.0. The Bertz CT molecular complexity index is 827. The third-order valence-electron chi connectivity index (χ3n) is 5.11. The molecule has 0 unspecified atom stereocenters. The maximum atomic E-state index is 2.59. The third kappa shape index (κ3) is 2.68. The highest BCUT2D eigenvalue weighted by molar-refractivity contribution is 5.85. The van der Waals surface area contributed by atoms with Gasteiger partial charge < -0.3 is 4.57 Å². The molecule has 2 nitrogen and oxygen atoms in total. The Morgan fingerprint density at radius 1 is 0.913 bits per heavy atom. The summed E-state index contributed by atoms with van der Waals surface area (Å²) in [5, 5.41) is 1.42. The molecule has 0 spiro atoms. The molecular formula is C21H24N2. The van der Waals surface area contributed by atoms with E-state index in [1.165, 1.54) is 46.3 Å². The first-order valence-corrected chi connectivity index (χ1v) is 8.57. The molecule has 2 heterocycles. The van der Waals surface area contributed by atoms with E-state index in [0.717, 1.165) is 19.6 Å². The second-order valence-corrected chi connectivity index (χ2v) is 6.79. The van der Waals surface area contributed by atoms with Gasteiger partial charge in [-0.15, -0.1) is 0 Å². The van der Waals surface area contributed by atoms with Crippen molar-refractivity contribution in [3.63, 3.8) is 0 Å². The number of hydrogen-bond acceptors (Lipinski definition) is 1. The largest absolute Gasteiger partial charge is 0.343 e. The van der Waals surface area contributed by atoms with Crippen molar-refractivity contribution in [2.24, 2.45) is 0 Å². The monoisotopic (exact) mass is 304 g/mol. The summed E-state index contributed by atoms with van der Waals surface area (Å²) < 4.78 is 2.54. The Hall–Kier alpha value is -2.06. The maximum absolute atomic E-state index is 2.59. The van der Waals surface area contributed by atoms with Gasteiger partial charge in [-0.2, -0.15) is 0 Å². The zero-order valence-corrected chi connectivity index (χ0v) is 14.0. The summed E-state index contributed by atoms with van der Waals surface area (Å²) in [6, 6.07) is 17.8. The number of nitrogens with zero attached hydrogens (tertiary/aromatic N) is 2. The van der Waals surface area contributed by atoms with Gasteiger partial charge in [0.15, 0.2) is 0 Å². The molecule has 1 aromatic heterocycles. The highest BCUT2D eigenvalue weighted by Crippen LogP contribution is 2.29. The summed E-state index contributed by atoms with van der Waals surface area (Å²) in [5.41, 5.74) is 7.10. The van der Waals surface area contributed by atoms with E-state index in [1.54, 1.807) is 0 Å². The van der Waals surface area contributed by atoms with Crippen molar-refractivity contribution in [3.05, 3.63) is 70.9 Å². The first-order valence-electron chi connectivity index (χ1n) is 8.57. The molecule has 4 rings (SSSR count). The molecule has 23 heavy (non-hydrogen) atoms. The van der Waals surface area contributed by atoms with Gasteiger partial charge in [-0.1, -0.05) is 48.0 Å². The summed E-state index contributed by atoms with van der Waals surface area (Å²) >= 11 is 0. The van der Waals surface area contributed by atoms with E-state index in [9.17, 15) is 0 Å². The van der Waals surface area contributed by atoms with E-state index < -0.39 is 0 Å². The lowest BCUT2D eigenvalue weighted by Crippen LogP contribution is -2.23. The lowest BCUT2D eigenvalue weighted by Gasteiger charge is -2.20. The summed E-state index contributed by atoms with van der Waals surface area (Å²) in [4.78, 5) is 2.59. The second-order valence-electron chi connectivity index (χ2n) is 6.79. The van der Waals surface area contributed by atoms with Crippen LogP contribution in [0.15, 0.2) is 48.5 Å². The second kappa shape index (κ2) is 5.86. The molecule has 2 aromatic carbocycles. The summed E-state index contributed by atoms with van der Waals surface area (Å²) in [6.45, 7) is 8.83. The molecule has 0 radical (unpaired) electrons. The highest BCUT2D eigenvalue weighted by Gasteiger charge is 2.19. The van der Waals surface area contributed by atoms with Crippen LogP contribution >= 0.6 is 0 Å². The molecule has 2 heteroatoms. The van der Waals surface area contributed by atoms with Crippen LogP contribution in [0, 0.1) is 13.8 Å². The van der Waals surface area contributed by atoms with Gasteiger partial charge in [-0.25, -0.2) is 0 Å². The number of hydrogen-bond donors (Lipinski definition) is 0. The predicted octanol–water partition coefficient (Wildman–Crippen LogP) is 4.66. The fourth-order valence-corrected chi connectivity index (χ4v) is 3.82. The SMILES string of the molecule is Cc1ccc(CN2CCCn3c(c(C)c4ccccc43)C2)cc1. The molecule has 0 saturated carbocycles. The lowest BCUT2D eigenvalue weighted by atomic mass is 10.1. The van der Waals surface area contributed by atoms with Gasteiger partial charge >= 0.3 is 0 Å². The minimum atomic E-state index is 1.04. The van der Waals surface area contributed by atoms with E-state index in [4.69, 9.17) is 0 Å². The van der Waals surface area contributed by atoms with Crippen LogP contribution in [0.1, 0.15) is 28.8 Å². The first-order chi connectivity index (χ1) is 11.2. The van der Waals surface area contributed by atoms with Gasteiger partial charge in [0.25, 0.3) is 0 Å². The molecule has 0 aliphatic carbocycles. The topological polar surface area (TPSA) is 8.17 Å². The normalized spacial score (nSPS) is 15.6. The lowest BCUT2D eigenvalue weighted by molar-refractivity contribution is 0.260. The van der Waals surface area contributed by atoms with Crippen molar-refractivity contribution >= 4 is 10.9 Å². The number of aromatic nitrogens is 1. The van der Waals surface area contributed by atoms with Crippen molar-refractivity contribution in [1.82, 2.24) is 9.47 Å². The minimum absolute atomic E-state index is 1.04. The van der Waals surface area contributed by atoms with Crippen LogP contribution < -0.4 is 0 Å². The number of benzene rings is 2. The van der Waals surface area contributed by atoms with E-state index in [0.29, 0.717) is 0 Å². The van der Waals surface area contributed by atoms with Gasteiger partial charge in [0.05, 0.1) is 0 Å². The maximum Gasteiger partial charge on any atom is 0.0485 e.